The summed E-state index contributed by atoms with van der Waals surface area (Å²) in [7, 11) is 2.15. The number of likely N-dealkylation sites (N-methyl/N-ethyl adjacent to an activating group) is 1. The zero-order valence-electron chi connectivity index (χ0n) is 8.26. The summed E-state index contributed by atoms with van der Waals surface area (Å²) in [6.07, 6.45) is 1.17. The maximum Gasteiger partial charge on any atom is 0.0621 e. The molecule has 0 spiro atoms. The third kappa shape index (κ3) is 4.38. The molecular weight excluding hydrogens is 138 g/mol. The molecule has 0 aromatic carbocycles. The van der Waals surface area contributed by atoms with E-state index < -0.39 is 0 Å². The fourth-order valence-electron chi connectivity index (χ4n) is 1.07. The number of nitrogens with zero attached hydrogens (tertiary/aromatic N) is 1. The lowest BCUT2D eigenvalue weighted by atomic mass is 10.2. The number of hydrogen-bond acceptors (Lipinski definition) is 2. The molecule has 0 saturated carbocycles. The zero-order valence-corrected chi connectivity index (χ0v) is 8.26. The molecule has 11 heavy (non-hydrogen) atoms. The first-order valence-corrected chi connectivity index (χ1v) is 4.54. The molecule has 0 rings (SSSR count). The second-order valence-corrected chi connectivity index (χ2v) is 2.79. The van der Waals surface area contributed by atoms with E-state index in [4.69, 9.17) is 4.74 Å². The summed E-state index contributed by atoms with van der Waals surface area (Å²) < 4.78 is 5.37. The summed E-state index contributed by atoms with van der Waals surface area (Å²) in [6, 6.07) is 0.597. The van der Waals surface area contributed by atoms with E-state index in [2.05, 4.69) is 25.8 Å². The van der Waals surface area contributed by atoms with Crippen LogP contribution in [0.1, 0.15) is 27.2 Å². The van der Waals surface area contributed by atoms with Gasteiger partial charge in [0.1, 0.15) is 0 Å². The zero-order chi connectivity index (χ0) is 8.69. The van der Waals surface area contributed by atoms with Crippen LogP contribution < -0.4 is 0 Å². The van der Waals surface area contributed by atoms with Crippen molar-refractivity contribution in [2.75, 3.05) is 26.8 Å². The highest BCUT2D eigenvalue weighted by atomic mass is 16.5. The van der Waals surface area contributed by atoms with Crippen molar-refractivity contribution in [1.29, 1.82) is 0 Å². The van der Waals surface area contributed by atoms with Gasteiger partial charge >= 0.3 is 0 Å². The lowest BCUT2D eigenvalue weighted by Gasteiger charge is -2.25. The fourth-order valence-corrected chi connectivity index (χ4v) is 1.07. The summed E-state index contributed by atoms with van der Waals surface area (Å²) in [4.78, 5) is 2.33. The minimum atomic E-state index is 0.597. The minimum absolute atomic E-state index is 0.597. The second-order valence-electron chi connectivity index (χ2n) is 2.79. The van der Waals surface area contributed by atoms with Gasteiger partial charge in [-0.05, 0) is 26.9 Å². The first-order chi connectivity index (χ1) is 5.26. The quantitative estimate of drug-likeness (QED) is 0.585. The van der Waals surface area contributed by atoms with Crippen LogP contribution in [0.2, 0.25) is 0 Å². The molecule has 68 valence electrons. The van der Waals surface area contributed by atoms with Crippen molar-refractivity contribution in [2.24, 2.45) is 0 Å². The molecule has 0 radical (unpaired) electrons. The van der Waals surface area contributed by atoms with Crippen LogP contribution in [0.15, 0.2) is 0 Å². The molecule has 0 fully saturated rings. The van der Waals surface area contributed by atoms with Crippen LogP contribution in [0, 0.1) is 0 Å². The van der Waals surface area contributed by atoms with Crippen molar-refractivity contribution in [1.82, 2.24) is 4.90 Å². The predicted octanol–water partition coefficient (Wildman–Crippen LogP) is 1.75. The van der Waals surface area contributed by atoms with Crippen LogP contribution in [0.25, 0.3) is 0 Å². The average molecular weight is 159 g/mol. The third-order valence-corrected chi connectivity index (χ3v) is 2.11. The highest BCUT2D eigenvalue weighted by molar-refractivity contribution is 4.64. The summed E-state index contributed by atoms with van der Waals surface area (Å²) in [5.41, 5.74) is 0. The standard InChI is InChI=1S/C9H21NO/c1-5-9(8-11-7-3)10(4)6-2/h9H,5-8H2,1-4H3. The Morgan fingerprint density at radius 1 is 1.27 bits per heavy atom. The third-order valence-electron chi connectivity index (χ3n) is 2.11. The van der Waals surface area contributed by atoms with Crippen molar-refractivity contribution >= 4 is 0 Å². The number of ether oxygens (including phenoxy) is 1. The summed E-state index contributed by atoms with van der Waals surface area (Å²) in [5.74, 6) is 0. The predicted molar refractivity (Wildman–Crippen MR) is 48.9 cm³/mol. The van der Waals surface area contributed by atoms with Gasteiger partial charge in [-0.1, -0.05) is 13.8 Å². The van der Waals surface area contributed by atoms with E-state index in [0.29, 0.717) is 6.04 Å². The largest absolute Gasteiger partial charge is 0.380 e. The lowest BCUT2D eigenvalue weighted by Crippen LogP contribution is -2.34. The molecule has 0 aliphatic heterocycles. The molecule has 0 aromatic rings. The Morgan fingerprint density at radius 3 is 2.27 bits per heavy atom. The average Bonchev–Trinajstić information content (AvgIpc) is 2.05. The molecular formula is C9H21NO. The SMILES string of the molecule is CCOCC(CC)N(C)CC. The normalized spacial score (nSPS) is 13.9. The van der Waals surface area contributed by atoms with Crippen LogP contribution >= 0.6 is 0 Å². The van der Waals surface area contributed by atoms with E-state index in [9.17, 15) is 0 Å². The molecule has 2 nitrogen and oxygen atoms in total. The van der Waals surface area contributed by atoms with Gasteiger partial charge in [0.15, 0.2) is 0 Å². The molecule has 0 heterocycles. The minimum Gasteiger partial charge on any atom is -0.380 e. The van der Waals surface area contributed by atoms with Crippen molar-refractivity contribution < 1.29 is 4.74 Å². The van der Waals surface area contributed by atoms with E-state index in [1.807, 2.05) is 6.92 Å². The molecule has 2 heteroatoms. The van der Waals surface area contributed by atoms with Gasteiger partial charge in [-0.2, -0.15) is 0 Å². The van der Waals surface area contributed by atoms with Crippen molar-refractivity contribution in [3.05, 3.63) is 0 Å². The van der Waals surface area contributed by atoms with E-state index in [0.717, 1.165) is 19.8 Å². The van der Waals surface area contributed by atoms with Crippen molar-refractivity contribution in [3.8, 4) is 0 Å². The van der Waals surface area contributed by atoms with Crippen LogP contribution in [0.3, 0.4) is 0 Å². The fraction of sp³-hybridized carbons (Fsp3) is 1.00. The molecule has 0 amide bonds. The summed E-state index contributed by atoms with van der Waals surface area (Å²) >= 11 is 0. The summed E-state index contributed by atoms with van der Waals surface area (Å²) in [6.45, 7) is 9.22. The number of rotatable bonds is 6. The van der Waals surface area contributed by atoms with E-state index >= 15 is 0 Å². The molecule has 0 N–H and O–H groups in total. The van der Waals surface area contributed by atoms with Gasteiger partial charge in [0.25, 0.3) is 0 Å². The Bertz CT molecular complexity index is 85.6. The van der Waals surface area contributed by atoms with Crippen LogP contribution in [-0.4, -0.2) is 37.7 Å². The molecule has 0 bridgehead atoms. The second kappa shape index (κ2) is 6.62. The maximum atomic E-state index is 5.37. The molecule has 1 unspecified atom stereocenters. The molecule has 0 aliphatic rings. The van der Waals surface area contributed by atoms with Gasteiger partial charge in [0, 0.05) is 12.6 Å². The van der Waals surface area contributed by atoms with E-state index in [-0.39, 0.29) is 0 Å². The van der Waals surface area contributed by atoms with Crippen LogP contribution in [-0.2, 0) is 4.74 Å². The highest BCUT2D eigenvalue weighted by Crippen LogP contribution is 2.01. The van der Waals surface area contributed by atoms with Gasteiger partial charge in [0.05, 0.1) is 6.61 Å². The summed E-state index contributed by atoms with van der Waals surface area (Å²) in [5, 5.41) is 0. The van der Waals surface area contributed by atoms with Crippen LogP contribution in [0.4, 0.5) is 0 Å². The Hall–Kier alpha value is -0.0800. The van der Waals surface area contributed by atoms with Gasteiger partial charge in [-0.25, -0.2) is 0 Å². The molecule has 0 aromatic heterocycles. The first kappa shape index (κ1) is 10.9. The Balaban J connectivity index is 3.56. The highest BCUT2D eigenvalue weighted by Gasteiger charge is 2.09. The van der Waals surface area contributed by atoms with Crippen molar-refractivity contribution in [3.63, 3.8) is 0 Å². The maximum absolute atomic E-state index is 5.37. The molecule has 0 saturated heterocycles. The lowest BCUT2D eigenvalue weighted by molar-refractivity contribution is 0.0781. The van der Waals surface area contributed by atoms with Gasteiger partial charge in [0.2, 0.25) is 0 Å². The van der Waals surface area contributed by atoms with E-state index in [1.165, 1.54) is 6.42 Å². The smallest absolute Gasteiger partial charge is 0.0621 e. The first-order valence-electron chi connectivity index (χ1n) is 4.54. The Kier molecular flexibility index (Phi) is 6.57. The number of hydrogen-bond donors (Lipinski definition) is 0. The monoisotopic (exact) mass is 159 g/mol. The van der Waals surface area contributed by atoms with Crippen molar-refractivity contribution in [2.45, 2.75) is 33.2 Å². The van der Waals surface area contributed by atoms with E-state index in [1.54, 1.807) is 0 Å². The molecule has 1 atom stereocenters. The van der Waals surface area contributed by atoms with Gasteiger partial charge in [-0.3, -0.25) is 0 Å². The Labute approximate surface area is 70.5 Å². The van der Waals surface area contributed by atoms with Gasteiger partial charge in [-0.15, -0.1) is 0 Å². The van der Waals surface area contributed by atoms with Gasteiger partial charge < -0.3 is 9.64 Å². The molecule has 0 aliphatic carbocycles. The topological polar surface area (TPSA) is 12.5 Å². The Morgan fingerprint density at radius 2 is 1.91 bits per heavy atom. The van der Waals surface area contributed by atoms with Crippen LogP contribution in [0.5, 0.6) is 0 Å².